The summed E-state index contributed by atoms with van der Waals surface area (Å²) in [6.07, 6.45) is 0. The Balaban J connectivity index is 4.13. The van der Waals surface area contributed by atoms with Gasteiger partial charge in [-0.3, -0.25) is 0 Å². The minimum atomic E-state index is -1.48. The van der Waals surface area contributed by atoms with Crippen LogP contribution in [0.5, 0.6) is 0 Å². The lowest BCUT2D eigenvalue weighted by molar-refractivity contribution is -0.0308. The van der Waals surface area contributed by atoms with E-state index in [0.29, 0.717) is 13.2 Å². The summed E-state index contributed by atoms with van der Waals surface area (Å²) >= 11 is 0. The zero-order valence-corrected chi connectivity index (χ0v) is 10.7. The summed E-state index contributed by atoms with van der Waals surface area (Å²) in [6.45, 7) is 3.45. The Morgan fingerprint density at radius 2 is 1.31 bits per heavy atom. The molecule has 0 fully saturated rings. The van der Waals surface area contributed by atoms with E-state index in [-0.39, 0.29) is 26.4 Å². The van der Waals surface area contributed by atoms with Crippen molar-refractivity contribution in [2.24, 2.45) is 5.41 Å². The summed E-state index contributed by atoms with van der Waals surface area (Å²) in [6, 6.07) is 0. The Hall–Kier alpha value is 0.190. The lowest BCUT2D eigenvalue weighted by Crippen LogP contribution is -2.38. The first-order chi connectivity index (χ1) is 7.67. The second-order valence-electron chi connectivity index (χ2n) is 3.31. The molecule has 0 saturated carbocycles. The molecule has 0 radical (unpaired) electrons. The Morgan fingerprint density at radius 1 is 0.875 bits per heavy atom. The van der Waals surface area contributed by atoms with Crippen molar-refractivity contribution >= 4 is 8.60 Å². The molecule has 0 atom stereocenters. The molecule has 6 nitrogen and oxygen atoms in total. The smallest absolute Gasteiger partial charge is 0.332 e. The van der Waals surface area contributed by atoms with E-state index in [1.54, 1.807) is 0 Å². The molecule has 0 saturated heterocycles. The predicted molar refractivity (Wildman–Crippen MR) is 59.8 cm³/mol. The van der Waals surface area contributed by atoms with E-state index in [0.717, 1.165) is 0 Å². The second kappa shape index (κ2) is 9.24. The molecule has 0 unspecified atom stereocenters. The van der Waals surface area contributed by atoms with Gasteiger partial charge in [-0.2, -0.15) is 0 Å². The van der Waals surface area contributed by atoms with E-state index in [9.17, 15) is 0 Å². The van der Waals surface area contributed by atoms with Gasteiger partial charge in [0, 0.05) is 0 Å². The largest absolute Gasteiger partial charge is 0.396 e. The predicted octanol–water partition coefficient (Wildman–Crippen LogP) is 0.266. The van der Waals surface area contributed by atoms with E-state index < -0.39 is 14.0 Å². The first-order valence-electron chi connectivity index (χ1n) is 5.19. The Labute approximate surface area is 97.1 Å². The average Bonchev–Trinajstić information content (AvgIpc) is 2.32. The van der Waals surface area contributed by atoms with Gasteiger partial charge in [-0.05, 0) is 13.8 Å². The maximum Gasteiger partial charge on any atom is 0.332 e. The van der Waals surface area contributed by atoms with E-state index in [1.807, 2.05) is 13.8 Å². The molecule has 0 aromatic carbocycles. The molecular weight excluding hydrogens is 235 g/mol. The third-order valence-electron chi connectivity index (χ3n) is 1.95. The maximum absolute atomic E-state index is 9.07. The zero-order chi connectivity index (χ0) is 12.4. The summed E-state index contributed by atoms with van der Waals surface area (Å²) in [7, 11) is -1.48. The van der Waals surface area contributed by atoms with Gasteiger partial charge in [0.25, 0.3) is 0 Å². The molecular formula is C9H21O6P. The normalized spacial score (nSPS) is 12.4. The fraction of sp³-hybridized carbons (Fsp3) is 1.00. The highest BCUT2D eigenvalue weighted by atomic mass is 31.2. The standard InChI is InChI=1S/C9H21O6P/c1-3-13-16(14-4-2)15-8-9(5-10,6-11)7-12/h10-12H,3-8H2,1-2H3. The van der Waals surface area contributed by atoms with Crippen LogP contribution in [-0.2, 0) is 13.6 Å². The molecule has 98 valence electrons. The van der Waals surface area contributed by atoms with E-state index in [2.05, 4.69) is 0 Å². The third kappa shape index (κ3) is 5.50. The van der Waals surface area contributed by atoms with Gasteiger partial charge >= 0.3 is 8.60 Å². The first kappa shape index (κ1) is 16.2. The van der Waals surface area contributed by atoms with Gasteiger partial charge in [-0.25, -0.2) is 0 Å². The summed E-state index contributed by atoms with van der Waals surface area (Å²) in [4.78, 5) is 0. The summed E-state index contributed by atoms with van der Waals surface area (Å²) in [5, 5.41) is 27.2. The number of hydrogen-bond donors (Lipinski definition) is 3. The second-order valence-corrected chi connectivity index (χ2v) is 4.53. The van der Waals surface area contributed by atoms with Gasteiger partial charge in [0.1, 0.15) is 0 Å². The molecule has 7 heteroatoms. The van der Waals surface area contributed by atoms with Crippen molar-refractivity contribution in [3.05, 3.63) is 0 Å². The molecule has 0 bridgehead atoms. The molecule has 0 aliphatic rings. The van der Waals surface area contributed by atoms with Crippen LogP contribution in [0.25, 0.3) is 0 Å². The summed E-state index contributed by atoms with van der Waals surface area (Å²) in [5.74, 6) is 0. The highest BCUT2D eigenvalue weighted by Gasteiger charge is 2.30. The SMILES string of the molecule is CCOP(OCC)OCC(CO)(CO)CO. The minimum absolute atomic E-state index is 0.0117. The van der Waals surface area contributed by atoms with Crippen molar-refractivity contribution in [1.82, 2.24) is 0 Å². The molecule has 0 aliphatic carbocycles. The van der Waals surface area contributed by atoms with Crippen LogP contribution < -0.4 is 0 Å². The monoisotopic (exact) mass is 256 g/mol. The Morgan fingerprint density at radius 3 is 1.62 bits per heavy atom. The Bertz CT molecular complexity index is 150. The number of hydrogen-bond acceptors (Lipinski definition) is 6. The molecule has 3 N–H and O–H groups in total. The number of aliphatic hydroxyl groups excluding tert-OH is 3. The Kier molecular flexibility index (Phi) is 9.35. The van der Waals surface area contributed by atoms with Crippen molar-refractivity contribution in [3.63, 3.8) is 0 Å². The molecule has 0 aliphatic heterocycles. The van der Waals surface area contributed by atoms with Gasteiger partial charge in [0.15, 0.2) is 0 Å². The minimum Gasteiger partial charge on any atom is -0.396 e. The van der Waals surface area contributed by atoms with Crippen LogP contribution in [0.1, 0.15) is 13.8 Å². The van der Waals surface area contributed by atoms with Crippen LogP contribution in [0.4, 0.5) is 0 Å². The molecule has 0 rings (SSSR count). The molecule has 0 heterocycles. The lowest BCUT2D eigenvalue weighted by atomic mass is 9.93. The van der Waals surface area contributed by atoms with Crippen LogP contribution >= 0.6 is 8.60 Å². The van der Waals surface area contributed by atoms with Crippen LogP contribution in [0, 0.1) is 5.41 Å². The highest BCUT2D eigenvalue weighted by Crippen LogP contribution is 2.40. The van der Waals surface area contributed by atoms with Gasteiger partial charge < -0.3 is 28.9 Å². The van der Waals surface area contributed by atoms with Gasteiger partial charge in [-0.15, -0.1) is 0 Å². The summed E-state index contributed by atoms with van der Waals surface area (Å²) < 4.78 is 15.7. The topological polar surface area (TPSA) is 88.4 Å². The van der Waals surface area contributed by atoms with Crippen molar-refractivity contribution in [3.8, 4) is 0 Å². The van der Waals surface area contributed by atoms with Crippen molar-refractivity contribution in [2.75, 3.05) is 39.6 Å². The quantitative estimate of drug-likeness (QED) is 0.486. The molecule has 0 aromatic heterocycles. The lowest BCUT2D eigenvalue weighted by Gasteiger charge is -2.28. The molecule has 0 spiro atoms. The average molecular weight is 256 g/mol. The van der Waals surface area contributed by atoms with Crippen molar-refractivity contribution in [1.29, 1.82) is 0 Å². The van der Waals surface area contributed by atoms with Crippen molar-refractivity contribution < 1.29 is 28.9 Å². The van der Waals surface area contributed by atoms with Crippen LogP contribution in [-0.4, -0.2) is 55.0 Å². The van der Waals surface area contributed by atoms with Crippen molar-refractivity contribution in [2.45, 2.75) is 13.8 Å². The molecule has 16 heavy (non-hydrogen) atoms. The van der Waals surface area contributed by atoms with Crippen LogP contribution in [0.3, 0.4) is 0 Å². The summed E-state index contributed by atoms with van der Waals surface area (Å²) in [5.41, 5.74) is -1.05. The number of rotatable bonds is 10. The first-order valence-corrected chi connectivity index (χ1v) is 6.29. The van der Waals surface area contributed by atoms with Crippen LogP contribution in [0.15, 0.2) is 0 Å². The van der Waals surface area contributed by atoms with E-state index in [1.165, 1.54) is 0 Å². The third-order valence-corrected chi connectivity index (χ3v) is 3.23. The van der Waals surface area contributed by atoms with Gasteiger partial charge in [-0.1, -0.05) is 0 Å². The highest BCUT2D eigenvalue weighted by molar-refractivity contribution is 7.41. The van der Waals surface area contributed by atoms with E-state index in [4.69, 9.17) is 28.9 Å². The number of aliphatic hydroxyl groups is 3. The fourth-order valence-corrected chi connectivity index (χ4v) is 1.82. The fourth-order valence-electron chi connectivity index (χ4n) is 0.799. The van der Waals surface area contributed by atoms with Gasteiger partial charge in [0.2, 0.25) is 0 Å². The van der Waals surface area contributed by atoms with Gasteiger partial charge in [0.05, 0.1) is 45.1 Å². The van der Waals surface area contributed by atoms with Crippen LogP contribution in [0.2, 0.25) is 0 Å². The van der Waals surface area contributed by atoms with E-state index >= 15 is 0 Å². The molecule has 0 amide bonds. The maximum atomic E-state index is 9.07. The molecule has 0 aromatic rings. The zero-order valence-electron chi connectivity index (χ0n) is 9.76.